The lowest BCUT2D eigenvalue weighted by atomic mass is 10.1. The zero-order valence-corrected chi connectivity index (χ0v) is 16.9. The number of carbonyl (C=O) groups excluding carboxylic acids is 1. The number of carbonyl (C=O) groups is 3. The van der Waals surface area contributed by atoms with E-state index < -0.39 is 11.9 Å². The first-order chi connectivity index (χ1) is 14.8. The molecule has 0 aliphatic carbocycles. The second-order valence-corrected chi connectivity index (χ2v) is 6.72. The van der Waals surface area contributed by atoms with Crippen molar-refractivity contribution in [2.24, 2.45) is 0 Å². The molecule has 1 aromatic heterocycles. The number of nitrogens with one attached hydrogen (secondary N) is 3. The smallest absolute Gasteiger partial charge is 0.414 e. The molecule has 0 radical (unpaired) electrons. The summed E-state index contributed by atoms with van der Waals surface area (Å²) in [6.45, 7) is 2.77. The van der Waals surface area contributed by atoms with Crippen molar-refractivity contribution < 1.29 is 29.0 Å². The molecule has 2 aromatic carbocycles. The molecule has 8 nitrogen and oxygen atoms in total. The number of carboxylic acids is 2. The number of aromatic amines is 1. The fraction of sp³-hybridized carbons (Fsp3) is 0.227. The zero-order chi connectivity index (χ0) is 22.8. The van der Waals surface area contributed by atoms with Crippen LogP contribution in [0.2, 0.25) is 0 Å². The van der Waals surface area contributed by atoms with Crippen molar-refractivity contribution in [1.82, 2.24) is 15.6 Å². The molecule has 3 aromatic rings. The van der Waals surface area contributed by atoms with Crippen molar-refractivity contribution in [3.8, 4) is 0 Å². The lowest BCUT2D eigenvalue weighted by Gasteiger charge is -2.14. The number of benzene rings is 2. The number of carboxylic acid groups (broad SMARTS) is 2. The first-order valence-corrected chi connectivity index (χ1v) is 9.54. The molecule has 1 amide bonds. The summed E-state index contributed by atoms with van der Waals surface area (Å²) in [5.74, 6) is -3.95. The van der Waals surface area contributed by atoms with E-state index in [0.717, 1.165) is 17.5 Å². The fourth-order valence-corrected chi connectivity index (χ4v) is 2.85. The van der Waals surface area contributed by atoms with Crippen LogP contribution >= 0.6 is 0 Å². The number of aromatic nitrogens is 1. The van der Waals surface area contributed by atoms with Gasteiger partial charge in [-0.25, -0.2) is 14.0 Å². The highest BCUT2D eigenvalue weighted by Crippen LogP contribution is 2.17. The Balaban J connectivity index is 0.000000501. The molecule has 0 saturated heterocycles. The number of rotatable bonds is 7. The number of amides is 1. The Bertz CT molecular complexity index is 1020. The van der Waals surface area contributed by atoms with Crippen LogP contribution in [-0.4, -0.2) is 46.1 Å². The molecule has 0 aliphatic heterocycles. The van der Waals surface area contributed by atoms with E-state index in [1.165, 1.54) is 23.1 Å². The van der Waals surface area contributed by atoms with Gasteiger partial charge in [0.05, 0.1) is 6.54 Å². The van der Waals surface area contributed by atoms with Crippen molar-refractivity contribution in [1.29, 1.82) is 0 Å². The van der Waals surface area contributed by atoms with Gasteiger partial charge >= 0.3 is 11.9 Å². The molecule has 0 bridgehead atoms. The van der Waals surface area contributed by atoms with Crippen LogP contribution in [0.25, 0.3) is 10.9 Å². The Morgan fingerprint density at radius 2 is 1.68 bits per heavy atom. The van der Waals surface area contributed by atoms with Gasteiger partial charge in [0.1, 0.15) is 5.82 Å². The number of halogens is 1. The standard InChI is InChI=1S/C20H22FN3O.C2H2O4/c1-14(15-6-8-17(21)9-7-15)23-13-20(25)22-11-10-16-12-24-19-5-3-2-4-18(16)19;3-1(4)2(5)6/h2-9,12,14,23-24H,10-11,13H2,1H3,(H,22,25);(H,3,4)(H,5,6). The van der Waals surface area contributed by atoms with Gasteiger partial charge in [0.15, 0.2) is 0 Å². The summed E-state index contributed by atoms with van der Waals surface area (Å²) in [5.41, 5.74) is 3.26. The van der Waals surface area contributed by atoms with Crippen LogP contribution in [0.3, 0.4) is 0 Å². The first-order valence-electron chi connectivity index (χ1n) is 9.54. The number of H-pyrrole nitrogens is 1. The number of para-hydroxylation sites is 1. The molecule has 5 N–H and O–H groups in total. The zero-order valence-electron chi connectivity index (χ0n) is 16.9. The summed E-state index contributed by atoms with van der Waals surface area (Å²) >= 11 is 0. The molecule has 0 saturated carbocycles. The van der Waals surface area contributed by atoms with Gasteiger partial charge in [-0.2, -0.15) is 0 Å². The van der Waals surface area contributed by atoms with Crippen LogP contribution in [0.4, 0.5) is 4.39 Å². The summed E-state index contributed by atoms with van der Waals surface area (Å²) in [5, 5.41) is 22.1. The normalized spacial score (nSPS) is 11.3. The van der Waals surface area contributed by atoms with Gasteiger partial charge in [0, 0.05) is 29.7 Å². The summed E-state index contributed by atoms with van der Waals surface area (Å²) in [4.78, 5) is 33.4. The molecular weight excluding hydrogens is 405 g/mol. The Labute approximate surface area is 178 Å². The third-order valence-electron chi connectivity index (χ3n) is 4.51. The minimum absolute atomic E-state index is 0.0139. The van der Waals surface area contributed by atoms with E-state index >= 15 is 0 Å². The summed E-state index contributed by atoms with van der Waals surface area (Å²) in [7, 11) is 0. The van der Waals surface area contributed by atoms with E-state index in [9.17, 15) is 9.18 Å². The van der Waals surface area contributed by atoms with Crippen LogP contribution in [-0.2, 0) is 20.8 Å². The minimum atomic E-state index is -1.82. The van der Waals surface area contributed by atoms with Crippen molar-refractivity contribution >= 4 is 28.7 Å². The summed E-state index contributed by atoms with van der Waals surface area (Å²) in [6.07, 6.45) is 2.77. The van der Waals surface area contributed by atoms with Crippen molar-refractivity contribution in [3.05, 3.63) is 71.7 Å². The molecule has 31 heavy (non-hydrogen) atoms. The van der Waals surface area contributed by atoms with Crippen molar-refractivity contribution in [3.63, 3.8) is 0 Å². The Morgan fingerprint density at radius 3 is 2.32 bits per heavy atom. The van der Waals surface area contributed by atoms with Crippen molar-refractivity contribution in [2.75, 3.05) is 13.1 Å². The van der Waals surface area contributed by atoms with Crippen LogP contribution in [0.1, 0.15) is 24.1 Å². The van der Waals surface area contributed by atoms with E-state index in [2.05, 4.69) is 21.7 Å². The molecule has 0 aliphatic rings. The van der Waals surface area contributed by atoms with Gasteiger partial charge in [-0.05, 0) is 42.7 Å². The highest BCUT2D eigenvalue weighted by atomic mass is 19.1. The van der Waals surface area contributed by atoms with Crippen molar-refractivity contribution in [2.45, 2.75) is 19.4 Å². The molecule has 1 heterocycles. The predicted octanol–water partition coefficient (Wildman–Crippen LogP) is 2.47. The van der Waals surface area contributed by atoms with Crippen LogP contribution < -0.4 is 10.6 Å². The van der Waals surface area contributed by atoms with E-state index in [0.29, 0.717) is 6.54 Å². The van der Waals surface area contributed by atoms with Gasteiger partial charge in [-0.15, -0.1) is 0 Å². The second-order valence-electron chi connectivity index (χ2n) is 6.72. The maximum absolute atomic E-state index is 12.9. The van der Waals surface area contributed by atoms with Gasteiger partial charge in [0.25, 0.3) is 0 Å². The lowest BCUT2D eigenvalue weighted by molar-refractivity contribution is -0.159. The molecule has 0 spiro atoms. The topological polar surface area (TPSA) is 132 Å². The predicted molar refractivity (Wildman–Crippen MR) is 113 cm³/mol. The highest BCUT2D eigenvalue weighted by Gasteiger charge is 2.08. The molecule has 3 rings (SSSR count). The number of fused-ring (bicyclic) bond motifs is 1. The average Bonchev–Trinajstić information content (AvgIpc) is 3.16. The molecule has 164 valence electrons. The summed E-state index contributed by atoms with van der Waals surface area (Å²) < 4.78 is 12.9. The molecule has 1 unspecified atom stereocenters. The van der Waals surface area contributed by atoms with E-state index in [1.54, 1.807) is 12.1 Å². The first kappa shape index (κ1) is 23.6. The van der Waals surface area contributed by atoms with Crippen LogP contribution in [0.5, 0.6) is 0 Å². The second kappa shape index (κ2) is 11.5. The van der Waals surface area contributed by atoms with Gasteiger partial charge in [0.2, 0.25) is 5.91 Å². The number of aliphatic carboxylic acids is 2. The van der Waals surface area contributed by atoms with E-state index in [1.807, 2.05) is 31.3 Å². The quantitative estimate of drug-likeness (QED) is 0.367. The molecular formula is C22H24FN3O5. The van der Waals surface area contributed by atoms with E-state index in [4.69, 9.17) is 19.8 Å². The SMILES string of the molecule is CC(NCC(=O)NCCc1c[nH]c2ccccc12)c1ccc(F)cc1.O=C(O)C(=O)O. The van der Waals surface area contributed by atoms with Crippen LogP contribution in [0.15, 0.2) is 54.7 Å². The largest absolute Gasteiger partial charge is 0.473 e. The van der Waals surface area contributed by atoms with Gasteiger partial charge in [-0.1, -0.05) is 30.3 Å². The monoisotopic (exact) mass is 429 g/mol. The fourth-order valence-electron chi connectivity index (χ4n) is 2.85. The molecule has 9 heteroatoms. The van der Waals surface area contributed by atoms with Gasteiger partial charge < -0.3 is 25.8 Å². The lowest BCUT2D eigenvalue weighted by Crippen LogP contribution is -2.36. The minimum Gasteiger partial charge on any atom is -0.473 e. The Morgan fingerprint density at radius 1 is 1.03 bits per heavy atom. The third-order valence-corrected chi connectivity index (χ3v) is 4.51. The summed E-state index contributed by atoms with van der Waals surface area (Å²) in [6, 6.07) is 14.4. The average molecular weight is 429 g/mol. The molecule has 1 atom stereocenters. The van der Waals surface area contributed by atoms with E-state index in [-0.39, 0.29) is 24.3 Å². The number of hydrogen-bond donors (Lipinski definition) is 5. The Kier molecular flexibility index (Phi) is 8.71. The third kappa shape index (κ3) is 7.56. The maximum Gasteiger partial charge on any atom is 0.414 e. The Hall–Kier alpha value is -3.72. The molecule has 0 fully saturated rings. The van der Waals surface area contributed by atoms with Gasteiger partial charge in [-0.3, -0.25) is 4.79 Å². The highest BCUT2D eigenvalue weighted by molar-refractivity contribution is 6.27. The van der Waals surface area contributed by atoms with Crippen LogP contribution in [0, 0.1) is 5.82 Å². The maximum atomic E-state index is 12.9. The number of hydrogen-bond acceptors (Lipinski definition) is 4.